The van der Waals surface area contributed by atoms with Crippen LogP contribution >= 0.6 is 0 Å². The average Bonchev–Trinajstić information content (AvgIpc) is 2.49. The first kappa shape index (κ1) is 22.1. The lowest BCUT2D eigenvalue weighted by molar-refractivity contribution is -0.227. The Balaban J connectivity index is 6.89. The Morgan fingerprint density at radius 3 is 1.54 bits per heavy atom. The van der Waals surface area contributed by atoms with E-state index < -0.39 is 52.1 Å². The molecule has 6 N–H and O–H groups in total. The lowest BCUT2D eigenvalue weighted by Crippen LogP contribution is -2.83. The third-order valence-corrected chi connectivity index (χ3v) is 4.11. The van der Waals surface area contributed by atoms with Crippen molar-refractivity contribution in [2.24, 2.45) is 5.73 Å². The minimum Gasteiger partial charge on any atom is -0.386 e. The predicted molar refractivity (Wildman–Crippen MR) is 77.6 cm³/mol. The molecule has 5 atom stereocenters. The zero-order valence-corrected chi connectivity index (χ0v) is 13.6. The molecule has 0 fully saturated rings. The third-order valence-electron chi connectivity index (χ3n) is 4.11. The minimum atomic E-state index is -3.64. The van der Waals surface area contributed by atoms with E-state index in [0.717, 1.165) is 6.92 Å². The monoisotopic (exact) mass is 347 g/mol. The van der Waals surface area contributed by atoms with Crippen LogP contribution in [0.5, 0.6) is 0 Å². The molecule has 136 valence electrons. The molecule has 0 heterocycles. The fraction of sp³-hybridized carbons (Fsp3) is 0.643. The van der Waals surface area contributed by atoms with Crippen molar-refractivity contribution in [1.29, 1.82) is 0 Å². The molecule has 10 heteroatoms. The molecule has 0 aliphatic carbocycles. The number of aldehydes is 1. The Labute approximate surface area is 137 Å². The number of rotatable bonds is 9. The Morgan fingerprint density at radius 2 is 1.33 bits per heavy atom. The summed E-state index contributed by atoms with van der Waals surface area (Å²) in [5.41, 5.74) is -4.91. The van der Waals surface area contributed by atoms with E-state index in [9.17, 15) is 44.4 Å². The lowest BCUT2D eigenvalue weighted by atomic mass is 9.61. The summed E-state index contributed by atoms with van der Waals surface area (Å²) in [6, 6.07) is 0. The number of carbonyl (C=O) groups excluding carboxylic acids is 5. The number of aliphatic hydroxyl groups is 4. The van der Waals surface area contributed by atoms with Gasteiger partial charge in [0.2, 0.25) is 0 Å². The van der Waals surface area contributed by atoms with E-state index in [4.69, 9.17) is 5.73 Å². The van der Waals surface area contributed by atoms with Crippen molar-refractivity contribution in [3.05, 3.63) is 0 Å². The van der Waals surface area contributed by atoms with Crippen LogP contribution in [-0.4, -0.2) is 78.8 Å². The first-order chi connectivity index (χ1) is 10.7. The summed E-state index contributed by atoms with van der Waals surface area (Å²) in [4.78, 5) is 58.2. The second kappa shape index (κ2) is 6.95. The maximum absolute atomic E-state index is 12.0. The van der Waals surface area contributed by atoms with Crippen molar-refractivity contribution in [2.45, 2.75) is 56.6 Å². The van der Waals surface area contributed by atoms with Crippen molar-refractivity contribution in [2.75, 3.05) is 0 Å². The van der Waals surface area contributed by atoms with E-state index in [1.807, 2.05) is 0 Å². The molecule has 0 radical (unpaired) electrons. The van der Waals surface area contributed by atoms with Gasteiger partial charge in [0, 0.05) is 0 Å². The van der Waals surface area contributed by atoms with Gasteiger partial charge < -0.3 is 31.0 Å². The van der Waals surface area contributed by atoms with Crippen LogP contribution in [0.4, 0.5) is 0 Å². The maximum Gasteiger partial charge on any atom is 0.193 e. The molecular formula is C14H21NO9. The van der Waals surface area contributed by atoms with Gasteiger partial charge in [0.1, 0.15) is 12.2 Å². The van der Waals surface area contributed by atoms with Crippen LogP contribution in [0.15, 0.2) is 0 Å². The summed E-state index contributed by atoms with van der Waals surface area (Å²) >= 11 is 0. The van der Waals surface area contributed by atoms with Crippen molar-refractivity contribution in [3.8, 4) is 0 Å². The fourth-order valence-corrected chi connectivity index (χ4v) is 2.43. The largest absolute Gasteiger partial charge is 0.386 e. The highest BCUT2D eigenvalue weighted by molar-refractivity contribution is 6.13. The molecule has 0 aromatic rings. The molecule has 0 spiro atoms. The van der Waals surface area contributed by atoms with Gasteiger partial charge in [0.05, 0.1) is 0 Å². The lowest BCUT2D eigenvalue weighted by Gasteiger charge is -2.49. The minimum absolute atomic E-state index is 0.364. The molecule has 0 aliphatic heterocycles. The highest BCUT2D eigenvalue weighted by Gasteiger charge is 2.72. The molecule has 0 rings (SSSR count). The second-order valence-electron chi connectivity index (χ2n) is 5.63. The van der Waals surface area contributed by atoms with Crippen molar-refractivity contribution in [3.63, 3.8) is 0 Å². The van der Waals surface area contributed by atoms with E-state index in [-0.39, 0.29) is 6.29 Å². The van der Waals surface area contributed by atoms with Gasteiger partial charge in [-0.15, -0.1) is 0 Å². The van der Waals surface area contributed by atoms with E-state index in [1.165, 1.54) is 0 Å². The maximum atomic E-state index is 12.0. The highest BCUT2D eigenvalue weighted by Crippen LogP contribution is 2.37. The Hall–Kier alpha value is -1.85. The molecule has 0 saturated heterocycles. The molecule has 0 amide bonds. The zero-order valence-electron chi connectivity index (χ0n) is 13.6. The molecule has 0 aromatic carbocycles. The molecular weight excluding hydrogens is 326 g/mol. The SMILES string of the molecule is CC(=O)C(O)[C@@H](O)[C@](O)(C(C)=O)[C@@](O)(C(C)=O)[C@@](N)(C=O)C(C)=O. The van der Waals surface area contributed by atoms with Crippen LogP contribution < -0.4 is 5.73 Å². The van der Waals surface area contributed by atoms with Gasteiger partial charge in [-0.3, -0.25) is 19.2 Å². The van der Waals surface area contributed by atoms with Crippen LogP contribution in [0.3, 0.4) is 0 Å². The van der Waals surface area contributed by atoms with Gasteiger partial charge in [-0.05, 0) is 27.7 Å². The van der Waals surface area contributed by atoms with E-state index in [2.05, 4.69) is 0 Å². The number of nitrogens with two attached hydrogens (primary N) is 1. The summed E-state index contributed by atoms with van der Waals surface area (Å²) < 4.78 is 0. The van der Waals surface area contributed by atoms with Crippen molar-refractivity contribution in [1.82, 2.24) is 0 Å². The molecule has 0 aromatic heterocycles. The molecule has 0 bridgehead atoms. The number of hydrogen-bond acceptors (Lipinski definition) is 10. The van der Waals surface area contributed by atoms with Gasteiger partial charge in [0.25, 0.3) is 0 Å². The number of Topliss-reactive ketones (excluding diaryl/α,β-unsaturated/α-hetero) is 4. The predicted octanol–water partition coefficient (Wildman–Crippen LogP) is -3.58. The van der Waals surface area contributed by atoms with E-state index >= 15 is 0 Å². The Bertz CT molecular complexity index is 589. The van der Waals surface area contributed by atoms with Crippen LogP contribution in [-0.2, 0) is 24.0 Å². The van der Waals surface area contributed by atoms with E-state index in [0.29, 0.717) is 20.8 Å². The number of carbonyl (C=O) groups is 5. The number of hydrogen-bond donors (Lipinski definition) is 5. The number of ketones is 4. The topological polar surface area (TPSA) is 192 Å². The summed E-state index contributed by atoms with van der Waals surface area (Å²) in [5.74, 6) is -5.45. The second-order valence-corrected chi connectivity index (χ2v) is 5.63. The van der Waals surface area contributed by atoms with Gasteiger partial charge in [-0.1, -0.05) is 0 Å². The molecule has 24 heavy (non-hydrogen) atoms. The molecule has 10 nitrogen and oxygen atoms in total. The summed E-state index contributed by atoms with van der Waals surface area (Å²) in [6.07, 6.45) is -5.52. The highest BCUT2D eigenvalue weighted by atomic mass is 16.4. The summed E-state index contributed by atoms with van der Waals surface area (Å²) in [7, 11) is 0. The fourth-order valence-electron chi connectivity index (χ4n) is 2.43. The summed E-state index contributed by atoms with van der Waals surface area (Å²) in [6.45, 7) is 2.71. The van der Waals surface area contributed by atoms with Crippen LogP contribution in [0.25, 0.3) is 0 Å². The summed E-state index contributed by atoms with van der Waals surface area (Å²) in [5, 5.41) is 41.0. The van der Waals surface area contributed by atoms with Crippen LogP contribution in [0.2, 0.25) is 0 Å². The van der Waals surface area contributed by atoms with Gasteiger partial charge in [0.15, 0.2) is 46.2 Å². The Morgan fingerprint density at radius 1 is 0.917 bits per heavy atom. The van der Waals surface area contributed by atoms with Gasteiger partial charge >= 0.3 is 0 Å². The van der Waals surface area contributed by atoms with Crippen molar-refractivity contribution >= 4 is 29.4 Å². The standard InChI is InChI=1S/C14H21NO9/c1-6(17)10(21)11(22)13(23,8(3)19)14(24,9(4)20)12(15,5-16)7(2)18/h5,10-11,21-24H,15H2,1-4H3/t10?,11-,12-,13-,14-/m1/s1. The average molecular weight is 347 g/mol. The van der Waals surface area contributed by atoms with Crippen LogP contribution in [0, 0.1) is 0 Å². The smallest absolute Gasteiger partial charge is 0.193 e. The first-order valence-corrected chi connectivity index (χ1v) is 6.75. The molecule has 0 aliphatic rings. The third kappa shape index (κ3) is 2.82. The van der Waals surface area contributed by atoms with Gasteiger partial charge in [-0.2, -0.15) is 0 Å². The Kier molecular flexibility index (Phi) is 6.41. The van der Waals surface area contributed by atoms with E-state index in [1.54, 1.807) is 0 Å². The number of aliphatic hydroxyl groups excluding tert-OH is 2. The van der Waals surface area contributed by atoms with Gasteiger partial charge in [-0.25, -0.2) is 0 Å². The quantitative estimate of drug-likeness (QED) is 0.206. The van der Waals surface area contributed by atoms with Crippen LogP contribution in [0.1, 0.15) is 27.7 Å². The molecule has 1 unspecified atom stereocenters. The first-order valence-electron chi connectivity index (χ1n) is 6.75. The van der Waals surface area contributed by atoms with Crippen molar-refractivity contribution < 1.29 is 44.4 Å². The normalized spacial score (nSPS) is 21.4. The molecule has 0 saturated carbocycles. The zero-order chi connectivity index (χ0) is 19.7.